The second-order valence-electron chi connectivity index (χ2n) is 2.03. The smallest absolute Gasteiger partial charge is 0.394 e. The van der Waals surface area contributed by atoms with Gasteiger partial charge in [-0.15, -0.1) is 11.3 Å². The molecule has 6 heteroatoms. The first-order valence-corrected chi connectivity index (χ1v) is 4.05. The van der Waals surface area contributed by atoms with Crippen LogP contribution in [0, 0.1) is 11.3 Å². The summed E-state index contributed by atoms with van der Waals surface area (Å²) in [6, 6.07) is 3.32. The van der Waals surface area contributed by atoms with Crippen LogP contribution in [0.5, 0.6) is 0 Å². The first-order chi connectivity index (χ1) is 6.15. The Morgan fingerprint density at radius 3 is 2.85 bits per heavy atom. The Kier molecular flexibility index (Phi) is 2.62. The van der Waals surface area contributed by atoms with Crippen LogP contribution in [-0.2, 0) is 9.59 Å². The maximum atomic E-state index is 10.7. The molecular weight excluding hydrogens is 192 g/mol. The van der Waals surface area contributed by atoms with Crippen LogP contribution in [0.2, 0.25) is 0 Å². The SMILES string of the molecule is N#Cc1ccsc1NC(=O)C(=O)O. The molecule has 0 radical (unpaired) electrons. The van der Waals surface area contributed by atoms with E-state index in [-0.39, 0.29) is 10.6 Å². The van der Waals surface area contributed by atoms with Gasteiger partial charge in [-0.2, -0.15) is 5.26 Å². The van der Waals surface area contributed by atoms with Gasteiger partial charge < -0.3 is 10.4 Å². The summed E-state index contributed by atoms with van der Waals surface area (Å²) in [5, 5.41) is 20.7. The Morgan fingerprint density at radius 2 is 2.31 bits per heavy atom. The van der Waals surface area contributed by atoms with E-state index in [1.54, 1.807) is 5.38 Å². The van der Waals surface area contributed by atoms with E-state index in [9.17, 15) is 9.59 Å². The van der Waals surface area contributed by atoms with Gasteiger partial charge in [0, 0.05) is 0 Å². The van der Waals surface area contributed by atoms with Crippen LogP contribution in [0.4, 0.5) is 5.00 Å². The van der Waals surface area contributed by atoms with Crippen LogP contribution in [0.1, 0.15) is 5.56 Å². The molecule has 0 saturated carbocycles. The molecule has 0 bridgehead atoms. The van der Waals surface area contributed by atoms with E-state index in [0.29, 0.717) is 0 Å². The molecule has 0 aliphatic carbocycles. The number of nitriles is 1. The summed E-state index contributed by atoms with van der Waals surface area (Å²) in [5.74, 6) is -2.71. The number of carbonyl (C=O) groups is 2. The van der Waals surface area contributed by atoms with Crippen molar-refractivity contribution in [3.63, 3.8) is 0 Å². The summed E-state index contributed by atoms with van der Waals surface area (Å²) in [5.41, 5.74) is 0.264. The molecule has 1 amide bonds. The summed E-state index contributed by atoms with van der Waals surface area (Å²) in [4.78, 5) is 20.8. The lowest BCUT2D eigenvalue weighted by Crippen LogP contribution is -2.21. The monoisotopic (exact) mass is 196 g/mol. The van der Waals surface area contributed by atoms with E-state index >= 15 is 0 Å². The lowest BCUT2D eigenvalue weighted by molar-refractivity contribution is -0.147. The first kappa shape index (κ1) is 9.22. The second-order valence-corrected chi connectivity index (χ2v) is 2.95. The number of aliphatic carboxylic acids is 1. The fraction of sp³-hybridized carbons (Fsp3) is 0. The highest BCUT2D eigenvalue weighted by atomic mass is 32.1. The quantitative estimate of drug-likeness (QED) is 0.645. The number of amides is 1. The number of carbonyl (C=O) groups excluding carboxylic acids is 1. The minimum Gasteiger partial charge on any atom is -0.474 e. The van der Waals surface area contributed by atoms with Gasteiger partial charge >= 0.3 is 11.9 Å². The predicted octanol–water partition coefficient (Wildman–Crippen LogP) is 0.643. The summed E-state index contributed by atoms with van der Waals surface area (Å²) in [6.45, 7) is 0. The Bertz CT molecular complexity index is 391. The third-order valence-electron chi connectivity index (χ3n) is 1.21. The van der Waals surface area contributed by atoms with Crippen molar-refractivity contribution in [3.05, 3.63) is 17.0 Å². The Hall–Kier alpha value is -1.87. The molecule has 66 valence electrons. The molecule has 1 aromatic heterocycles. The average molecular weight is 196 g/mol. The van der Waals surface area contributed by atoms with E-state index in [2.05, 4.69) is 5.32 Å². The van der Waals surface area contributed by atoms with Crippen molar-refractivity contribution in [1.82, 2.24) is 0 Å². The van der Waals surface area contributed by atoms with Gasteiger partial charge in [0.1, 0.15) is 11.1 Å². The van der Waals surface area contributed by atoms with Gasteiger partial charge in [-0.25, -0.2) is 4.79 Å². The van der Waals surface area contributed by atoms with E-state index in [1.165, 1.54) is 6.07 Å². The highest BCUT2D eigenvalue weighted by Gasteiger charge is 2.13. The molecule has 2 N–H and O–H groups in total. The standard InChI is InChI=1S/C7H4N2O3S/c8-3-4-1-2-13-6(4)9-5(10)7(11)12/h1-2H,(H,9,10)(H,11,12). The molecule has 0 aliphatic rings. The molecular formula is C7H4N2O3S. The van der Waals surface area contributed by atoms with Gasteiger partial charge in [-0.3, -0.25) is 4.79 Å². The third-order valence-corrected chi connectivity index (χ3v) is 2.04. The van der Waals surface area contributed by atoms with Crippen molar-refractivity contribution in [2.75, 3.05) is 5.32 Å². The lowest BCUT2D eigenvalue weighted by Gasteiger charge is -1.96. The van der Waals surface area contributed by atoms with Gasteiger partial charge in [0.25, 0.3) is 0 Å². The van der Waals surface area contributed by atoms with Crippen molar-refractivity contribution < 1.29 is 14.7 Å². The number of hydrogen-bond acceptors (Lipinski definition) is 4. The van der Waals surface area contributed by atoms with E-state index in [1.807, 2.05) is 6.07 Å². The topological polar surface area (TPSA) is 90.2 Å². The summed E-state index contributed by atoms with van der Waals surface area (Å²) < 4.78 is 0. The second kappa shape index (κ2) is 3.69. The van der Waals surface area contributed by atoms with Crippen molar-refractivity contribution in [1.29, 1.82) is 5.26 Å². The highest BCUT2D eigenvalue weighted by molar-refractivity contribution is 7.14. The number of rotatable bonds is 1. The van der Waals surface area contributed by atoms with Gasteiger partial charge in [-0.1, -0.05) is 0 Å². The maximum Gasteiger partial charge on any atom is 0.394 e. The summed E-state index contributed by atoms with van der Waals surface area (Å²) >= 11 is 1.10. The Labute approximate surface area is 77.2 Å². The molecule has 0 unspecified atom stereocenters. The Balaban J connectivity index is 2.81. The number of anilines is 1. The summed E-state index contributed by atoms with van der Waals surface area (Å²) in [7, 11) is 0. The van der Waals surface area contributed by atoms with Gasteiger partial charge in [0.05, 0.1) is 5.56 Å². The molecule has 0 aliphatic heterocycles. The normalized spacial score (nSPS) is 8.85. The third kappa shape index (κ3) is 2.04. The minimum absolute atomic E-state index is 0.259. The zero-order chi connectivity index (χ0) is 9.84. The van der Waals surface area contributed by atoms with Crippen LogP contribution in [0.15, 0.2) is 11.4 Å². The van der Waals surface area contributed by atoms with E-state index in [4.69, 9.17) is 10.4 Å². The van der Waals surface area contributed by atoms with Crippen LogP contribution < -0.4 is 5.32 Å². The van der Waals surface area contributed by atoms with Crippen molar-refractivity contribution >= 4 is 28.2 Å². The zero-order valence-electron chi connectivity index (χ0n) is 6.27. The molecule has 0 fully saturated rings. The van der Waals surface area contributed by atoms with Crippen molar-refractivity contribution in [2.24, 2.45) is 0 Å². The molecule has 5 nitrogen and oxygen atoms in total. The molecule has 1 heterocycles. The minimum atomic E-state index is -1.57. The van der Waals surface area contributed by atoms with Crippen LogP contribution in [0.3, 0.4) is 0 Å². The number of thiophene rings is 1. The van der Waals surface area contributed by atoms with Crippen LogP contribution >= 0.6 is 11.3 Å². The fourth-order valence-corrected chi connectivity index (χ4v) is 1.38. The summed E-state index contributed by atoms with van der Waals surface area (Å²) in [6.07, 6.45) is 0. The van der Waals surface area contributed by atoms with Crippen LogP contribution in [0.25, 0.3) is 0 Å². The Morgan fingerprint density at radius 1 is 1.62 bits per heavy atom. The average Bonchev–Trinajstić information content (AvgIpc) is 2.51. The molecule has 0 atom stereocenters. The van der Waals surface area contributed by atoms with Crippen LogP contribution in [-0.4, -0.2) is 17.0 Å². The van der Waals surface area contributed by atoms with E-state index in [0.717, 1.165) is 11.3 Å². The molecule has 1 rings (SSSR count). The number of carboxylic acid groups (broad SMARTS) is 1. The molecule has 1 aromatic rings. The van der Waals surface area contributed by atoms with Gasteiger partial charge in [-0.05, 0) is 11.4 Å². The zero-order valence-corrected chi connectivity index (χ0v) is 7.09. The molecule has 0 spiro atoms. The lowest BCUT2D eigenvalue weighted by atomic mass is 10.3. The molecule has 0 aromatic carbocycles. The van der Waals surface area contributed by atoms with Gasteiger partial charge in [0.2, 0.25) is 0 Å². The van der Waals surface area contributed by atoms with Gasteiger partial charge in [0.15, 0.2) is 0 Å². The fourth-order valence-electron chi connectivity index (χ4n) is 0.651. The number of nitrogens with one attached hydrogen (secondary N) is 1. The predicted molar refractivity (Wildman–Crippen MR) is 45.3 cm³/mol. The van der Waals surface area contributed by atoms with Crippen molar-refractivity contribution in [3.8, 4) is 6.07 Å². The highest BCUT2D eigenvalue weighted by Crippen LogP contribution is 2.21. The maximum absolute atomic E-state index is 10.7. The first-order valence-electron chi connectivity index (χ1n) is 3.17. The van der Waals surface area contributed by atoms with Crippen molar-refractivity contribution in [2.45, 2.75) is 0 Å². The number of carboxylic acids is 1. The molecule has 13 heavy (non-hydrogen) atoms. The number of hydrogen-bond donors (Lipinski definition) is 2. The molecule has 0 saturated heterocycles. The number of nitrogens with zero attached hydrogens (tertiary/aromatic N) is 1. The largest absolute Gasteiger partial charge is 0.474 e. The van der Waals surface area contributed by atoms with E-state index < -0.39 is 11.9 Å².